The normalized spacial score (nSPS) is 11.3. The third-order valence-electron chi connectivity index (χ3n) is 3.96. The number of nitrogens with one attached hydrogen (secondary N) is 2. The summed E-state index contributed by atoms with van der Waals surface area (Å²) in [5, 5.41) is 12.6. The molecule has 2 N–H and O–H groups in total. The van der Waals surface area contributed by atoms with E-state index >= 15 is 0 Å². The Morgan fingerprint density at radius 3 is 2.74 bits per heavy atom. The second kappa shape index (κ2) is 7.70. The highest BCUT2D eigenvalue weighted by atomic mass is 32.2. The molecule has 1 heterocycles. The van der Waals surface area contributed by atoms with Crippen molar-refractivity contribution in [2.45, 2.75) is 11.8 Å². The Morgan fingerprint density at radius 2 is 1.96 bits per heavy atom. The average molecular weight is 384 g/mol. The molecule has 3 rings (SSSR count). The SMILES string of the molecule is Cc1cnc2c(S(=O)(=O)NCCNc3cccc(F)c3C#N)cccc2c1. The number of sulfonamides is 1. The van der Waals surface area contributed by atoms with E-state index in [-0.39, 0.29) is 23.5 Å². The third kappa shape index (κ3) is 4.05. The van der Waals surface area contributed by atoms with Gasteiger partial charge in [-0.1, -0.05) is 18.2 Å². The van der Waals surface area contributed by atoms with E-state index in [1.54, 1.807) is 24.4 Å². The zero-order chi connectivity index (χ0) is 19.4. The number of nitrogens with zero attached hydrogens (tertiary/aromatic N) is 2. The molecule has 0 atom stereocenters. The average Bonchev–Trinajstić information content (AvgIpc) is 2.64. The van der Waals surface area contributed by atoms with Crippen molar-refractivity contribution >= 4 is 26.6 Å². The van der Waals surface area contributed by atoms with Crippen LogP contribution in [0.3, 0.4) is 0 Å². The van der Waals surface area contributed by atoms with E-state index in [1.807, 2.05) is 19.1 Å². The molecular weight excluding hydrogens is 367 g/mol. The summed E-state index contributed by atoms with van der Waals surface area (Å²) in [5.41, 5.74) is 1.56. The van der Waals surface area contributed by atoms with Crippen LogP contribution >= 0.6 is 0 Å². The van der Waals surface area contributed by atoms with Crippen LogP contribution in [0.5, 0.6) is 0 Å². The molecule has 0 spiro atoms. The van der Waals surface area contributed by atoms with Gasteiger partial charge in [-0.25, -0.2) is 17.5 Å². The topological polar surface area (TPSA) is 94.9 Å². The van der Waals surface area contributed by atoms with E-state index in [4.69, 9.17) is 5.26 Å². The number of anilines is 1. The number of aromatic nitrogens is 1. The lowest BCUT2D eigenvalue weighted by molar-refractivity contribution is 0.583. The smallest absolute Gasteiger partial charge is 0.242 e. The second-order valence-electron chi connectivity index (χ2n) is 5.94. The maximum Gasteiger partial charge on any atom is 0.242 e. The Kier molecular flexibility index (Phi) is 5.35. The van der Waals surface area contributed by atoms with Crippen LogP contribution in [-0.4, -0.2) is 26.5 Å². The Balaban J connectivity index is 1.72. The molecule has 6 nitrogen and oxygen atoms in total. The molecule has 0 saturated carbocycles. The zero-order valence-corrected chi connectivity index (χ0v) is 15.3. The van der Waals surface area contributed by atoms with Gasteiger partial charge in [0.2, 0.25) is 10.0 Å². The third-order valence-corrected chi connectivity index (χ3v) is 5.45. The number of pyridine rings is 1. The fraction of sp³-hybridized carbons (Fsp3) is 0.158. The standard InChI is InChI=1S/C19H17FN4O2S/c1-13-10-14-4-2-7-18(19(14)23-12-13)27(25,26)24-9-8-22-17-6-3-5-16(20)15(17)11-21/h2-7,10,12,22,24H,8-9H2,1H3. The van der Waals surface area contributed by atoms with Gasteiger partial charge in [0.1, 0.15) is 22.3 Å². The van der Waals surface area contributed by atoms with Gasteiger partial charge in [0, 0.05) is 24.7 Å². The van der Waals surface area contributed by atoms with E-state index in [9.17, 15) is 12.8 Å². The van der Waals surface area contributed by atoms with Crippen molar-refractivity contribution in [3.8, 4) is 6.07 Å². The Morgan fingerprint density at radius 1 is 1.19 bits per heavy atom. The highest BCUT2D eigenvalue weighted by Gasteiger charge is 2.17. The van der Waals surface area contributed by atoms with Crippen LogP contribution in [-0.2, 0) is 10.0 Å². The van der Waals surface area contributed by atoms with Crippen molar-refractivity contribution in [1.29, 1.82) is 5.26 Å². The predicted octanol–water partition coefficient (Wildman–Crippen LogP) is 2.94. The minimum atomic E-state index is -3.77. The zero-order valence-electron chi connectivity index (χ0n) is 14.5. The van der Waals surface area contributed by atoms with E-state index < -0.39 is 15.8 Å². The fourth-order valence-corrected chi connectivity index (χ4v) is 3.91. The summed E-state index contributed by atoms with van der Waals surface area (Å²) in [5.74, 6) is -0.625. The van der Waals surface area contributed by atoms with Gasteiger partial charge in [0.05, 0.1) is 11.2 Å². The number of benzene rings is 2. The van der Waals surface area contributed by atoms with Crippen molar-refractivity contribution in [3.63, 3.8) is 0 Å². The van der Waals surface area contributed by atoms with Gasteiger partial charge in [0.15, 0.2) is 0 Å². The predicted molar refractivity (Wildman–Crippen MR) is 101 cm³/mol. The molecule has 0 amide bonds. The highest BCUT2D eigenvalue weighted by molar-refractivity contribution is 7.89. The lowest BCUT2D eigenvalue weighted by Crippen LogP contribution is -2.29. The molecule has 8 heteroatoms. The molecule has 3 aromatic rings. The number of nitriles is 1. The van der Waals surface area contributed by atoms with Crippen molar-refractivity contribution in [1.82, 2.24) is 9.71 Å². The summed E-state index contributed by atoms with van der Waals surface area (Å²) in [6, 6.07) is 12.9. The Bertz CT molecular complexity index is 1140. The largest absolute Gasteiger partial charge is 0.383 e. The number of fused-ring (bicyclic) bond motifs is 1. The molecule has 0 fully saturated rings. The lowest BCUT2D eigenvalue weighted by atomic mass is 10.2. The van der Waals surface area contributed by atoms with Gasteiger partial charge in [-0.3, -0.25) is 4.98 Å². The first-order valence-corrected chi connectivity index (χ1v) is 9.68. The summed E-state index contributed by atoms with van der Waals surface area (Å²) >= 11 is 0. The molecule has 0 saturated heterocycles. The molecular formula is C19H17FN4O2S. The molecule has 0 radical (unpaired) electrons. The first-order chi connectivity index (χ1) is 12.9. The summed E-state index contributed by atoms with van der Waals surface area (Å²) in [6.07, 6.45) is 1.62. The lowest BCUT2D eigenvalue weighted by Gasteiger charge is -2.11. The minimum Gasteiger partial charge on any atom is -0.383 e. The number of rotatable bonds is 6. The number of halogens is 1. The van der Waals surface area contributed by atoms with Gasteiger partial charge >= 0.3 is 0 Å². The second-order valence-corrected chi connectivity index (χ2v) is 7.67. The molecule has 0 aliphatic rings. The monoisotopic (exact) mass is 384 g/mol. The van der Waals surface area contributed by atoms with Crippen LogP contribution in [0.25, 0.3) is 10.9 Å². The molecule has 2 aromatic carbocycles. The van der Waals surface area contributed by atoms with Crippen LogP contribution in [0, 0.1) is 24.1 Å². The van der Waals surface area contributed by atoms with Gasteiger partial charge in [-0.05, 0) is 36.8 Å². The molecule has 0 bridgehead atoms. The van der Waals surface area contributed by atoms with Crippen LogP contribution in [0.2, 0.25) is 0 Å². The quantitative estimate of drug-likeness (QED) is 0.637. The first kappa shape index (κ1) is 18.8. The van der Waals surface area contributed by atoms with Crippen LogP contribution in [0.15, 0.2) is 53.6 Å². The van der Waals surface area contributed by atoms with E-state index in [0.717, 1.165) is 10.9 Å². The molecule has 1 aromatic heterocycles. The molecule has 27 heavy (non-hydrogen) atoms. The maximum atomic E-state index is 13.6. The Labute approximate surface area is 156 Å². The van der Waals surface area contributed by atoms with Crippen LogP contribution in [0.4, 0.5) is 10.1 Å². The summed E-state index contributed by atoms with van der Waals surface area (Å²) < 4.78 is 41.3. The molecule has 0 unspecified atom stereocenters. The van der Waals surface area contributed by atoms with E-state index in [0.29, 0.717) is 11.2 Å². The number of aryl methyl sites for hydroxylation is 1. The number of hydrogen-bond acceptors (Lipinski definition) is 5. The van der Waals surface area contributed by atoms with Crippen LogP contribution in [0.1, 0.15) is 11.1 Å². The molecule has 138 valence electrons. The summed E-state index contributed by atoms with van der Waals surface area (Å²) in [6.45, 7) is 2.14. The Hall–Kier alpha value is -3.02. The van der Waals surface area contributed by atoms with Gasteiger partial charge in [0.25, 0.3) is 0 Å². The maximum absolute atomic E-state index is 13.6. The first-order valence-electron chi connectivity index (χ1n) is 8.20. The fourth-order valence-electron chi connectivity index (χ4n) is 2.71. The minimum absolute atomic E-state index is 0.0615. The highest BCUT2D eigenvalue weighted by Crippen LogP contribution is 2.21. The van der Waals surface area contributed by atoms with Crippen LogP contribution < -0.4 is 10.0 Å². The summed E-state index contributed by atoms with van der Waals surface area (Å²) in [7, 11) is -3.77. The molecule has 0 aliphatic heterocycles. The number of hydrogen-bond donors (Lipinski definition) is 2. The van der Waals surface area contributed by atoms with E-state index in [1.165, 1.54) is 18.2 Å². The van der Waals surface area contributed by atoms with Gasteiger partial charge < -0.3 is 5.32 Å². The summed E-state index contributed by atoms with van der Waals surface area (Å²) in [4.78, 5) is 4.34. The molecule has 0 aliphatic carbocycles. The van der Waals surface area contributed by atoms with Crippen molar-refractivity contribution in [2.75, 3.05) is 18.4 Å². The van der Waals surface area contributed by atoms with Crippen molar-refractivity contribution in [2.24, 2.45) is 0 Å². The van der Waals surface area contributed by atoms with Gasteiger partial charge in [-0.15, -0.1) is 0 Å². The van der Waals surface area contributed by atoms with E-state index in [2.05, 4.69) is 15.0 Å². The number of para-hydroxylation sites is 1. The van der Waals surface area contributed by atoms with Crippen molar-refractivity contribution < 1.29 is 12.8 Å². The van der Waals surface area contributed by atoms with Crippen molar-refractivity contribution in [3.05, 3.63) is 65.6 Å². The van der Waals surface area contributed by atoms with Gasteiger partial charge in [-0.2, -0.15) is 5.26 Å².